The predicted molar refractivity (Wildman–Crippen MR) is 90.4 cm³/mol. The van der Waals surface area contributed by atoms with E-state index in [4.69, 9.17) is 5.11 Å². The molecule has 1 N–H and O–H groups in total. The lowest BCUT2D eigenvalue weighted by Gasteiger charge is -2.11. The molecular formula is C15H20N2O2S2. The van der Waals surface area contributed by atoms with Gasteiger partial charge in [-0.2, -0.15) is 11.8 Å². The van der Waals surface area contributed by atoms with Crippen molar-refractivity contribution in [1.29, 1.82) is 0 Å². The van der Waals surface area contributed by atoms with Crippen molar-refractivity contribution in [3.05, 3.63) is 23.8 Å². The Morgan fingerprint density at radius 3 is 2.90 bits per heavy atom. The molecular weight excluding hydrogens is 304 g/mol. The van der Waals surface area contributed by atoms with Crippen LogP contribution < -0.4 is 0 Å². The highest BCUT2D eigenvalue weighted by Crippen LogP contribution is 2.27. The third kappa shape index (κ3) is 3.95. The Labute approximate surface area is 133 Å². The van der Waals surface area contributed by atoms with Gasteiger partial charge in [-0.1, -0.05) is 30.8 Å². The summed E-state index contributed by atoms with van der Waals surface area (Å²) in [5.41, 5.74) is 3.19. The topological polar surface area (TPSA) is 55.1 Å². The molecule has 0 aliphatic rings. The molecule has 114 valence electrons. The summed E-state index contributed by atoms with van der Waals surface area (Å²) in [6.07, 6.45) is 3.15. The molecule has 6 heteroatoms. The van der Waals surface area contributed by atoms with E-state index in [9.17, 15) is 4.79 Å². The van der Waals surface area contributed by atoms with Crippen LogP contribution in [0.5, 0.6) is 0 Å². The molecule has 0 aliphatic carbocycles. The fraction of sp³-hybridized carbons (Fsp3) is 0.467. The summed E-state index contributed by atoms with van der Waals surface area (Å²) in [5.74, 6) is -0.770. The van der Waals surface area contributed by atoms with Crippen LogP contribution in [-0.2, 0) is 11.3 Å². The van der Waals surface area contributed by atoms with Gasteiger partial charge in [0.15, 0.2) is 5.16 Å². The van der Waals surface area contributed by atoms with Crippen LogP contribution in [0.3, 0.4) is 0 Å². The molecule has 0 spiro atoms. The molecule has 0 radical (unpaired) electrons. The standard InChI is InChI=1S/C15H20N2O2S2/c1-10-5-4-6-12-14(10)16-15(21-9-13(18)19)17(12)8-7-11(2)20-3/h4-6,11H,7-9H2,1-3H3,(H,18,19). The molecule has 21 heavy (non-hydrogen) atoms. The fourth-order valence-corrected chi connectivity index (χ4v) is 3.24. The minimum absolute atomic E-state index is 0.0421. The summed E-state index contributed by atoms with van der Waals surface area (Å²) >= 11 is 3.14. The molecule has 2 rings (SSSR count). The van der Waals surface area contributed by atoms with E-state index in [1.807, 2.05) is 30.8 Å². The number of thioether (sulfide) groups is 2. The van der Waals surface area contributed by atoms with Gasteiger partial charge in [-0.3, -0.25) is 4.79 Å². The van der Waals surface area contributed by atoms with E-state index in [2.05, 4.69) is 28.8 Å². The summed E-state index contributed by atoms with van der Waals surface area (Å²) in [6.45, 7) is 5.11. The van der Waals surface area contributed by atoms with E-state index in [0.717, 1.165) is 34.7 Å². The van der Waals surface area contributed by atoms with Gasteiger partial charge in [-0.15, -0.1) is 0 Å². The lowest BCUT2D eigenvalue weighted by Crippen LogP contribution is -2.07. The van der Waals surface area contributed by atoms with Crippen LogP contribution in [0.1, 0.15) is 18.9 Å². The number of hydrogen-bond acceptors (Lipinski definition) is 4. The Morgan fingerprint density at radius 2 is 2.24 bits per heavy atom. The van der Waals surface area contributed by atoms with Crippen LogP contribution in [0, 0.1) is 6.92 Å². The maximum atomic E-state index is 10.8. The van der Waals surface area contributed by atoms with Gasteiger partial charge < -0.3 is 9.67 Å². The van der Waals surface area contributed by atoms with E-state index in [1.165, 1.54) is 11.8 Å². The average molecular weight is 324 g/mol. The monoisotopic (exact) mass is 324 g/mol. The van der Waals surface area contributed by atoms with E-state index in [0.29, 0.717) is 5.25 Å². The van der Waals surface area contributed by atoms with Gasteiger partial charge in [-0.25, -0.2) is 4.98 Å². The Balaban J connectivity index is 2.35. The van der Waals surface area contributed by atoms with E-state index < -0.39 is 5.97 Å². The average Bonchev–Trinajstić information content (AvgIpc) is 2.82. The second-order valence-corrected chi connectivity index (χ2v) is 7.22. The Hall–Kier alpha value is -1.14. The quantitative estimate of drug-likeness (QED) is 0.788. The van der Waals surface area contributed by atoms with Gasteiger partial charge in [0.05, 0.1) is 16.8 Å². The van der Waals surface area contributed by atoms with E-state index in [1.54, 1.807) is 0 Å². The highest BCUT2D eigenvalue weighted by atomic mass is 32.2. The van der Waals surface area contributed by atoms with Crippen molar-refractivity contribution >= 4 is 40.5 Å². The zero-order chi connectivity index (χ0) is 15.4. The number of fused-ring (bicyclic) bond motifs is 1. The summed E-state index contributed by atoms with van der Waals surface area (Å²) in [4.78, 5) is 15.5. The minimum Gasteiger partial charge on any atom is -0.481 e. The number of benzene rings is 1. The van der Waals surface area contributed by atoms with Crippen LogP contribution >= 0.6 is 23.5 Å². The first-order chi connectivity index (χ1) is 10.0. The van der Waals surface area contributed by atoms with Crippen molar-refractivity contribution in [1.82, 2.24) is 9.55 Å². The maximum Gasteiger partial charge on any atom is 0.313 e. The van der Waals surface area contributed by atoms with E-state index in [-0.39, 0.29) is 5.75 Å². The highest BCUT2D eigenvalue weighted by Gasteiger charge is 2.14. The van der Waals surface area contributed by atoms with Crippen molar-refractivity contribution in [3.8, 4) is 0 Å². The molecule has 0 aliphatic heterocycles. The third-order valence-electron chi connectivity index (χ3n) is 3.43. The fourth-order valence-electron chi connectivity index (χ4n) is 2.15. The molecule has 0 bridgehead atoms. The van der Waals surface area contributed by atoms with Crippen LogP contribution in [0.4, 0.5) is 0 Å². The van der Waals surface area contributed by atoms with Gasteiger partial charge in [-0.05, 0) is 31.2 Å². The first kappa shape index (κ1) is 16.2. The second kappa shape index (κ2) is 7.22. The van der Waals surface area contributed by atoms with Gasteiger partial charge in [0.1, 0.15) is 0 Å². The number of carboxylic acids is 1. The number of para-hydroxylation sites is 1. The predicted octanol–water partition coefficient (Wildman–Crippen LogP) is 3.66. The minimum atomic E-state index is -0.812. The van der Waals surface area contributed by atoms with Gasteiger partial charge in [0, 0.05) is 11.8 Å². The summed E-state index contributed by atoms with van der Waals surface area (Å²) in [6, 6.07) is 6.12. The summed E-state index contributed by atoms with van der Waals surface area (Å²) in [7, 11) is 0. The Kier molecular flexibility index (Phi) is 5.58. The highest BCUT2D eigenvalue weighted by molar-refractivity contribution is 7.99. The third-order valence-corrected chi connectivity index (χ3v) is 5.43. The number of nitrogens with zero attached hydrogens (tertiary/aromatic N) is 2. The maximum absolute atomic E-state index is 10.8. The number of aliphatic carboxylic acids is 1. The molecule has 1 aromatic carbocycles. The number of rotatable bonds is 7. The summed E-state index contributed by atoms with van der Waals surface area (Å²) < 4.78 is 2.16. The van der Waals surface area contributed by atoms with Gasteiger partial charge >= 0.3 is 5.97 Å². The van der Waals surface area contributed by atoms with Crippen molar-refractivity contribution in [2.24, 2.45) is 0 Å². The second-order valence-electron chi connectivity index (χ2n) is 5.01. The molecule has 0 amide bonds. The van der Waals surface area contributed by atoms with Gasteiger partial charge in [0.25, 0.3) is 0 Å². The Morgan fingerprint density at radius 1 is 1.48 bits per heavy atom. The largest absolute Gasteiger partial charge is 0.481 e. The lowest BCUT2D eigenvalue weighted by atomic mass is 10.2. The molecule has 1 heterocycles. The number of carboxylic acid groups (broad SMARTS) is 1. The van der Waals surface area contributed by atoms with Crippen molar-refractivity contribution in [2.45, 2.75) is 37.2 Å². The van der Waals surface area contributed by atoms with Crippen molar-refractivity contribution < 1.29 is 9.90 Å². The number of carbonyl (C=O) groups is 1. The molecule has 0 fully saturated rings. The number of hydrogen-bond donors (Lipinski definition) is 1. The molecule has 4 nitrogen and oxygen atoms in total. The van der Waals surface area contributed by atoms with Crippen LogP contribution in [0.25, 0.3) is 11.0 Å². The smallest absolute Gasteiger partial charge is 0.313 e. The Bertz CT molecular complexity index is 640. The molecule has 2 aromatic rings. The van der Waals surface area contributed by atoms with Crippen molar-refractivity contribution in [3.63, 3.8) is 0 Å². The van der Waals surface area contributed by atoms with Crippen LogP contribution in [0.2, 0.25) is 0 Å². The first-order valence-electron chi connectivity index (χ1n) is 6.86. The number of aromatic nitrogens is 2. The molecule has 0 saturated carbocycles. The van der Waals surface area contributed by atoms with Gasteiger partial charge in [0.2, 0.25) is 0 Å². The summed E-state index contributed by atoms with van der Waals surface area (Å²) in [5, 5.41) is 10.3. The first-order valence-corrected chi connectivity index (χ1v) is 9.13. The molecule has 1 aromatic heterocycles. The number of imidazole rings is 1. The van der Waals surface area contributed by atoms with Crippen molar-refractivity contribution in [2.75, 3.05) is 12.0 Å². The molecule has 0 saturated heterocycles. The lowest BCUT2D eigenvalue weighted by molar-refractivity contribution is -0.133. The zero-order valence-corrected chi connectivity index (χ0v) is 14.1. The van der Waals surface area contributed by atoms with E-state index >= 15 is 0 Å². The normalized spacial score (nSPS) is 12.7. The van der Waals surface area contributed by atoms with Crippen LogP contribution in [-0.4, -0.2) is 37.9 Å². The molecule has 1 unspecified atom stereocenters. The molecule has 1 atom stereocenters. The van der Waals surface area contributed by atoms with Crippen LogP contribution in [0.15, 0.2) is 23.4 Å². The SMILES string of the molecule is CSC(C)CCn1c(SCC(=O)O)nc2c(C)cccc21. The zero-order valence-electron chi connectivity index (χ0n) is 12.5. The number of aryl methyl sites for hydroxylation is 2.